The standard InChI is InChI=1S/C19H16BrF2NO5/c1-2-15(25)18(27)28-23-8-19(9-24,17-11(20)4-3-5-14(17)23)10-6-12(21)13(22)7-16(10)26/h3-7,24,26H,2,8-9H2,1H3. The summed E-state index contributed by atoms with van der Waals surface area (Å²) in [5.41, 5.74) is -0.786. The molecular formula is C19H16BrF2NO5. The molecule has 1 unspecified atom stereocenters. The van der Waals surface area contributed by atoms with Gasteiger partial charge >= 0.3 is 5.97 Å². The minimum Gasteiger partial charge on any atom is -0.508 e. The van der Waals surface area contributed by atoms with Gasteiger partial charge in [-0.1, -0.05) is 28.9 Å². The number of hydrogen-bond donors (Lipinski definition) is 2. The monoisotopic (exact) mass is 455 g/mol. The van der Waals surface area contributed by atoms with Crippen LogP contribution >= 0.6 is 15.9 Å². The van der Waals surface area contributed by atoms with Gasteiger partial charge in [-0.3, -0.25) is 4.79 Å². The summed E-state index contributed by atoms with van der Waals surface area (Å²) in [5.74, 6) is -4.83. The predicted molar refractivity (Wildman–Crippen MR) is 98.8 cm³/mol. The van der Waals surface area contributed by atoms with E-state index in [-0.39, 0.29) is 18.5 Å². The van der Waals surface area contributed by atoms with E-state index in [0.717, 1.165) is 11.1 Å². The van der Waals surface area contributed by atoms with Gasteiger partial charge < -0.3 is 15.1 Å². The number of carbonyl (C=O) groups is 2. The highest BCUT2D eigenvalue weighted by Crippen LogP contribution is 2.50. The lowest BCUT2D eigenvalue weighted by Crippen LogP contribution is -2.40. The third-order valence-electron chi connectivity index (χ3n) is 4.72. The average molecular weight is 456 g/mol. The first-order valence-corrected chi connectivity index (χ1v) is 9.15. The van der Waals surface area contributed by atoms with Crippen molar-refractivity contribution in [2.45, 2.75) is 18.8 Å². The number of rotatable bonds is 5. The molecule has 2 aromatic carbocycles. The maximum Gasteiger partial charge on any atom is 0.398 e. The Kier molecular flexibility index (Phi) is 5.40. The summed E-state index contributed by atoms with van der Waals surface area (Å²) in [7, 11) is 0. The molecular weight excluding hydrogens is 440 g/mol. The van der Waals surface area contributed by atoms with E-state index in [9.17, 15) is 28.6 Å². The summed E-state index contributed by atoms with van der Waals surface area (Å²) in [6, 6.07) is 6.30. The molecule has 0 saturated carbocycles. The number of halogens is 3. The second-order valence-corrected chi connectivity index (χ2v) is 7.20. The van der Waals surface area contributed by atoms with Crippen LogP contribution in [0.4, 0.5) is 14.5 Å². The summed E-state index contributed by atoms with van der Waals surface area (Å²) >= 11 is 3.36. The number of phenolic OH excluding ortho intramolecular Hbond substituents is 1. The van der Waals surface area contributed by atoms with E-state index in [2.05, 4.69) is 15.9 Å². The first kappa shape index (κ1) is 20.2. The molecule has 9 heteroatoms. The second kappa shape index (κ2) is 7.48. The molecule has 0 bridgehead atoms. The highest BCUT2D eigenvalue weighted by atomic mass is 79.9. The van der Waals surface area contributed by atoms with Crippen molar-refractivity contribution in [2.24, 2.45) is 0 Å². The van der Waals surface area contributed by atoms with Gasteiger partial charge in [-0.25, -0.2) is 18.6 Å². The van der Waals surface area contributed by atoms with Crippen molar-refractivity contribution in [3.8, 4) is 5.75 Å². The largest absolute Gasteiger partial charge is 0.508 e. The molecule has 1 heterocycles. The summed E-state index contributed by atoms with van der Waals surface area (Å²) < 4.78 is 27.9. The van der Waals surface area contributed by atoms with Gasteiger partial charge in [-0.2, -0.15) is 0 Å². The van der Waals surface area contributed by atoms with Crippen molar-refractivity contribution in [3.05, 3.63) is 57.6 Å². The Morgan fingerprint density at radius 1 is 1.29 bits per heavy atom. The third-order valence-corrected chi connectivity index (χ3v) is 5.38. The van der Waals surface area contributed by atoms with E-state index in [1.807, 2.05) is 0 Å². The Morgan fingerprint density at radius 3 is 2.61 bits per heavy atom. The number of hydrogen-bond acceptors (Lipinski definition) is 6. The van der Waals surface area contributed by atoms with Crippen LogP contribution in [0.1, 0.15) is 24.5 Å². The summed E-state index contributed by atoms with van der Waals surface area (Å²) in [6.07, 6.45) is -0.0485. The minimum absolute atomic E-state index is 0.0485. The average Bonchev–Trinajstić information content (AvgIpc) is 2.99. The summed E-state index contributed by atoms with van der Waals surface area (Å²) in [6.45, 7) is 0.676. The molecule has 2 aromatic rings. The molecule has 0 saturated heterocycles. The molecule has 6 nitrogen and oxygen atoms in total. The predicted octanol–water partition coefficient (Wildman–Crippen LogP) is 2.97. The van der Waals surface area contributed by atoms with Crippen molar-refractivity contribution < 1.29 is 33.4 Å². The molecule has 0 aliphatic carbocycles. The van der Waals surface area contributed by atoms with E-state index in [4.69, 9.17) is 4.84 Å². The lowest BCUT2D eigenvalue weighted by Gasteiger charge is -2.29. The normalized spacial score (nSPS) is 18.1. The molecule has 2 N–H and O–H groups in total. The summed E-state index contributed by atoms with van der Waals surface area (Å²) in [4.78, 5) is 28.8. The van der Waals surface area contributed by atoms with Gasteiger partial charge in [0.15, 0.2) is 11.6 Å². The number of aromatic hydroxyl groups is 1. The molecule has 0 amide bonds. The van der Waals surface area contributed by atoms with Crippen LogP contribution in [0.25, 0.3) is 0 Å². The van der Waals surface area contributed by atoms with Gasteiger partial charge in [0.05, 0.1) is 24.3 Å². The maximum absolute atomic E-state index is 13.9. The number of nitrogens with zero attached hydrogens (tertiary/aromatic N) is 1. The highest BCUT2D eigenvalue weighted by molar-refractivity contribution is 9.10. The van der Waals surface area contributed by atoms with Crippen LogP contribution in [-0.2, 0) is 19.8 Å². The van der Waals surface area contributed by atoms with Crippen LogP contribution in [0.3, 0.4) is 0 Å². The fraction of sp³-hybridized carbons (Fsp3) is 0.263. The van der Waals surface area contributed by atoms with Crippen molar-refractivity contribution in [2.75, 3.05) is 18.2 Å². The maximum atomic E-state index is 13.9. The molecule has 28 heavy (non-hydrogen) atoms. The highest BCUT2D eigenvalue weighted by Gasteiger charge is 2.49. The number of phenols is 1. The second-order valence-electron chi connectivity index (χ2n) is 6.35. The van der Waals surface area contributed by atoms with Gasteiger partial charge in [0.1, 0.15) is 5.75 Å². The molecule has 3 rings (SSSR count). The lowest BCUT2D eigenvalue weighted by molar-refractivity contribution is -0.154. The molecule has 0 radical (unpaired) electrons. The Bertz CT molecular complexity index is 968. The van der Waals surface area contributed by atoms with Crippen LogP contribution in [0.15, 0.2) is 34.8 Å². The number of hydroxylamine groups is 1. The zero-order valence-corrected chi connectivity index (χ0v) is 16.3. The van der Waals surface area contributed by atoms with Crippen LogP contribution in [0.5, 0.6) is 5.75 Å². The van der Waals surface area contributed by atoms with E-state index in [0.29, 0.717) is 21.8 Å². The van der Waals surface area contributed by atoms with Crippen LogP contribution in [0, 0.1) is 11.6 Å². The van der Waals surface area contributed by atoms with Gasteiger partial charge in [0.2, 0.25) is 5.78 Å². The molecule has 0 spiro atoms. The lowest BCUT2D eigenvalue weighted by atomic mass is 9.76. The Balaban J connectivity index is 2.17. The fourth-order valence-electron chi connectivity index (χ4n) is 3.33. The fourth-order valence-corrected chi connectivity index (χ4v) is 4.07. The number of Topliss-reactive ketones (excluding diaryl/α,β-unsaturated/α-hetero) is 1. The molecule has 0 aromatic heterocycles. The first-order chi connectivity index (χ1) is 13.2. The van der Waals surface area contributed by atoms with Gasteiger partial charge in [-0.15, -0.1) is 0 Å². The van der Waals surface area contributed by atoms with Gasteiger partial charge in [0.25, 0.3) is 0 Å². The smallest absolute Gasteiger partial charge is 0.398 e. The zero-order chi connectivity index (χ0) is 20.6. The molecule has 1 aliphatic rings. The molecule has 1 atom stereocenters. The van der Waals surface area contributed by atoms with Gasteiger partial charge in [-0.05, 0) is 18.2 Å². The number of aliphatic hydroxyl groups excluding tert-OH is 1. The van der Waals surface area contributed by atoms with Crippen LogP contribution < -0.4 is 5.06 Å². The number of fused-ring (bicyclic) bond motifs is 1. The SMILES string of the molecule is CCC(=O)C(=O)ON1CC(CO)(c2cc(F)c(F)cc2O)c2c(Br)cccc21. The van der Waals surface area contributed by atoms with Gasteiger partial charge in [0, 0.05) is 28.1 Å². The third kappa shape index (κ3) is 3.14. The molecule has 148 valence electrons. The number of aliphatic hydroxyl groups is 1. The van der Waals surface area contributed by atoms with Crippen LogP contribution in [0.2, 0.25) is 0 Å². The number of carbonyl (C=O) groups excluding carboxylic acids is 2. The number of benzene rings is 2. The summed E-state index contributed by atoms with van der Waals surface area (Å²) in [5, 5.41) is 21.6. The van der Waals surface area contributed by atoms with Crippen molar-refractivity contribution in [1.82, 2.24) is 0 Å². The first-order valence-electron chi connectivity index (χ1n) is 8.36. The Labute approximate surface area is 167 Å². The van der Waals surface area contributed by atoms with Crippen molar-refractivity contribution in [1.29, 1.82) is 0 Å². The van der Waals surface area contributed by atoms with E-state index in [1.54, 1.807) is 18.2 Å². The van der Waals surface area contributed by atoms with E-state index < -0.39 is 41.2 Å². The quantitative estimate of drug-likeness (QED) is 0.673. The Morgan fingerprint density at radius 2 is 1.96 bits per heavy atom. The Hall–Kier alpha value is -2.52. The minimum atomic E-state index is -1.44. The van der Waals surface area contributed by atoms with Crippen molar-refractivity contribution >= 4 is 33.4 Å². The molecule has 0 fully saturated rings. The van der Waals surface area contributed by atoms with Crippen LogP contribution in [-0.4, -0.2) is 35.1 Å². The topological polar surface area (TPSA) is 87.1 Å². The number of anilines is 1. The molecule has 1 aliphatic heterocycles. The van der Waals surface area contributed by atoms with E-state index in [1.165, 1.54) is 6.92 Å². The van der Waals surface area contributed by atoms with Crippen molar-refractivity contribution in [3.63, 3.8) is 0 Å². The number of ketones is 1. The zero-order valence-electron chi connectivity index (χ0n) is 14.7. The van der Waals surface area contributed by atoms with E-state index >= 15 is 0 Å².